The number of alkyl halides is 1. The minimum Gasteiger partial charge on any atom is -0.251 e. The lowest BCUT2D eigenvalue weighted by Crippen LogP contribution is -2.13. The third-order valence-corrected chi connectivity index (χ3v) is 6.16. The molecule has 0 spiro atoms. The number of rotatable bonds is 8. The molecular formula is C25H29ClF2. The summed E-state index contributed by atoms with van der Waals surface area (Å²) >= 11 is 5.76. The predicted molar refractivity (Wildman–Crippen MR) is 115 cm³/mol. The first-order valence-corrected chi connectivity index (χ1v) is 10.8. The average molecular weight is 403 g/mol. The summed E-state index contributed by atoms with van der Waals surface area (Å²) in [5.41, 5.74) is 3.21. The zero-order chi connectivity index (χ0) is 19.8. The zero-order valence-electron chi connectivity index (χ0n) is 16.3. The number of unbranched alkanes of at least 4 members (excludes halogenated alkanes) is 1. The van der Waals surface area contributed by atoms with E-state index in [1.54, 1.807) is 6.07 Å². The number of allylic oxidation sites excluding steroid dienone is 2. The van der Waals surface area contributed by atoms with Gasteiger partial charge in [-0.3, -0.25) is 4.39 Å². The van der Waals surface area contributed by atoms with Gasteiger partial charge in [0.1, 0.15) is 5.82 Å². The van der Waals surface area contributed by atoms with Crippen molar-refractivity contribution in [1.29, 1.82) is 0 Å². The minimum atomic E-state index is -0.379. The number of benzene rings is 2. The first-order chi connectivity index (χ1) is 13.7. The second-order valence-corrected chi connectivity index (χ2v) is 8.31. The van der Waals surface area contributed by atoms with Crippen LogP contribution in [-0.2, 0) is 6.42 Å². The Hall–Kier alpha value is -1.67. The maximum atomic E-state index is 13.7. The van der Waals surface area contributed by atoms with Gasteiger partial charge in [-0.1, -0.05) is 54.1 Å². The summed E-state index contributed by atoms with van der Waals surface area (Å²) in [4.78, 5) is 0. The normalized spacial score (nSPS) is 20.0. The number of halogens is 3. The second kappa shape index (κ2) is 10.8. The summed E-state index contributed by atoms with van der Waals surface area (Å²) < 4.78 is 25.8. The van der Waals surface area contributed by atoms with Gasteiger partial charge in [-0.25, -0.2) is 4.39 Å². The fourth-order valence-electron chi connectivity index (χ4n) is 4.06. The summed E-state index contributed by atoms with van der Waals surface area (Å²) in [6.45, 7) is -0.214. The van der Waals surface area contributed by atoms with Gasteiger partial charge in [-0.15, -0.1) is 0 Å². The third kappa shape index (κ3) is 6.17. The van der Waals surface area contributed by atoms with Crippen LogP contribution in [0.15, 0.2) is 54.6 Å². The van der Waals surface area contributed by atoms with E-state index in [-0.39, 0.29) is 17.5 Å². The van der Waals surface area contributed by atoms with Gasteiger partial charge in [0.25, 0.3) is 0 Å². The molecule has 1 aliphatic carbocycles. The number of hydrogen-bond acceptors (Lipinski definition) is 0. The molecule has 0 heterocycles. The van der Waals surface area contributed by atoms with E-state index in [4.69, 9.17) is 11.6 Å². The van der Waals surface area contributed by atoms with Crippen LogP contribution in [0.25, 0.3) is 11.1 Å². The van der Waals surface area contributed by atoms with Crippen molar-refractivity contribution in [2.75, 3.05) is 6.67 Å². The molecule has 1 fully saturated rings. The van der Waals surface area contributed by atoms with Gasteiger partial charge < -0.3 is 0 Å². The first-order valence-electron chi connectivity index (χ1n) is 10.4. The molecule has 3 rings (SSSR count). The van der Waals surface area contributed by atoms with E-state index in [1.165, 1.54) is 43.7 Å². The SMILES string of the molecule is FCCC/C=C/C1CCC(CCc2ccc(-c3ccc(Cl)c(F)c3)cc2)CC1. The van der Waals surface area contributed by atoms with E-state index in [9.17, 15) is 8.78 Å². The van der Waals surface area contributed by atoms with Crippen molar-refractivity contribution in [2.24, 2.45) is 11.8 Å². The van der Waals surface area contributed by atoms with Gasteiger partial charge >= 0.3 is 0 Å². The highest BCUT2D eigenvalue weighted by atomic mass is 35.5. The molecule has 150 valence electrons. The average Bonchev–Trinajstić information content (AvgIpc) is 2.73. The Morgan fingerprint density at radius 2 is 1.68 bits per heavy atom. The molecule has 0 bridgehead atoms. The van der Waals surface area contributed by atoms with E-state index in [0.29, 0.717) is 12.3 Å². The Kier molecular flexibility index (Phi) is 8.09. The lowest BCUT2D eigenvalue weighted by molar-refractivity contribution is 0.296. The van der Waals surface area contributed by atoms with Gasteiger partial charge in [0.05, 0.1) is 11.7 Å². The maximum Gasteiger partial charge on any atom is 0.142 e. The monoisotopic (exact) mass is 402 g/mol. The Morgan fingerprint density at radius 1 is 0.964 bits per heavy atom. The van der Waals surface area contributed by atoms with E-state index < -0.39 is 0 Å². The second-order valence-electron chi connectivity index (χ2n) is 7.90. The molecule has 0 aliphatic heterocycles. The Bertz CT molecular complexity index is 759. The summed E-state index contributed by atoms with van der Waals surface area (Å²) in [7, 11) is 0. The first kappa shape index (κ1) is 21.0. The molecule has 28 heavy (non-hydrogen) atoms. The summed E-state index contributed by atoms with van der Waals surface area (Å²) in [5, 5.41) is 0.158. The minimum absolute atomic E-state index is 0.158. The molecule has 2 aromatic rings. The van der Waals surface area contributed by atoms with E-state index in [1.807, 2.05) is 6.07 Å². The molecule has 0 unspecified atom stereocenters. The largest absolute Gasteiger partial charge is 0.251 e. The van der Waals surface area contributed by atoms with Crippen molar-refractivity contribution in [3.05, 3.63) is 71.0 Å². The maximum absolute atomic E-state index is 13.7. The van der Waals surface area contributed by atoms with Crippen LogP contribution in [0.2, 0.25) is 5.02 Å². The van der Waals surface area contributed by atoms with Crippen LogP contribution in [0.4, 0.5) is 8.78 Å². The molecule has 0 radical (unpaired) electrons. The fourth-order valence-corrected chi connectivity index (χ4v) is 4.18. The van der Waals surface area contributed by atoms with Crippen LogP contribution in [0.5, 0.6) is 0 Å². The lowest BCUT2D eigenvalue weighted by atomic mass is 9.79. The van der Waals surface area contributed by atoms with E-state index >= 15 is 0 Å². The smallest absolute Gasteiger partial charge is 0.142 e. The molecule has 0 N–H and O–H groups in total. The predicted octanol–water partition coefficient (Wildman–Crippen LogP) is 8.19. The molecule has 0 atom stereocenters. The van der Waals surface area contributed by atoms with Crippen LogP contribution >= 0.6 is 11.6 Å². The van der Waals surface area contributed by atoms with Crippen molar-refractivity contribution >= 4 is 11.6 Å². The van der Waals surface area contributed by atoms with Crippen LogP contribution in [0, 0.1) is 17.7 Å². The van der Waals surface area contributed by atoms with Gasteiger partial charge in [0, 0.05) is 0 Å². The Labute approximate surface area is 172 Å². The van der Waals surface area contributed by atoms with Crippen LogP contribution in [0.1, 0.15) is 50.5 Å². The molecule has 0 amide bonds. The van der Waals surface area contributed by atoms with Crippen molar-refractivity contribution < 1.29 is 8.78 Å². The topological polar surface area (TPSA) is 0 Å². The molecule has 0 nitrogen and oxygen atoms in total. The fraction of sp³-hybridized carbons (Fsp3) is 0.440. The molecule has 0 saturated heterocycles. The molecule has 2 aromatic carbocycles. The standard InChI is InChI=1S/C25H29ClF2/c26-24-16-15-23(18-25(24)28)22-13-11-21(12-14-22)10-9-20-7-5-19(6-8-20)4-2-1-3-17-27/h2,4,11-16,18-20H,1,3,5-10,17H2/b4-2+. The molecule has 1 saturated carbocycles. The van der Waals surface area contributed by atoms with Crippen LogP contribution in [-0.4, -0.2) is 6.67 Å². The third-order valence-electron chi connectivity index (χ3n) is 5.85. The van der Waals surface area contributed by atoms with Crippen molar-refractivity contribution in [1.82, 2.24) is 0 Å². The summed E-state index contributed by atoms with van der Waals surface area (Å²) in [6, 6.07) is 13.4. The lowest BCUT2D eigenvalue weighted by Gasteiger charge is -2.26. The van der Waals surface area contributed by atoms with E-state index in [0.717, 1.165) is 29.9 Å². The van der Waals surface area contributed by atoms with Gasteiger partial charge in [-0.2, -0.15) is 0 Å². The molecule has 0 aromatic heterocycles. The van der Waals surface area contributed by atoms with Crippen LogP contribution < -0.4 is 0 Å². The Morgan fingerprint density at radius 3 is 2.36 bits per heavy atom. The zero-order valence-corrected chi connectivity index (χ0v) is 17.1. The van der Waals surface area contributed by atoms with Crippen molar-refractivity contribution in [3.8, 4) is 11.1 Å². The highest BCUT2D eigenvalue weighted by Crippen LogP contribution is 2.33. The van der Waals surface area contributed by atoms with Crippen molar-refractivity contribution in [3.63, 3.8) is 0 Å². The highest BCUT2D eigenvalue weighted by Gasteiger charge is 2.19. The summed E-state index contributed by atoms with van der Waals surface area (Å²) in [6.07, 6.45) is 13.4. The number of hydrogen-bond donors (Lipinski definition) is 0. The molecule has 1 aliphatic rings. The van der Waals surface area contributed by atoms with E-state index in [2.05, 4.69) is 36.4 Å². The van der Waals surface area contributed by atoms with Crippen molar-refractivity contribution in [2.45, 2.75) is 51.4 Å². The Balaban J connectivity index is 1.44. The molecular weight excluding hydrogens is 374 g/mol. The summed E-state index contributed by atoms with van der Waals surface area (Å²) in [5.74, 6) is 1.12. The number of aryl methyl sites for hydroxylation is 1. The molecule has 3 heteroatoms. The van der Waals surface area contributed by atoms with Gasteiger partial charge in [0.15, 0.2) is 0 Å². The quantitative estimate of drug-likeness (QED) is 0.308. The van der Waals surface area contributed by atoms with Gasteiger partial charge in [-0.05, 0) is 92.0 Å². The highest BCUT2D eigenvalue weighted by molar-refractivity contribution is 6.30. The van der Waals surface area contributed by atoms with Gasteiger partial charge in [0.2, 0.25) is 0 Å². The van der Waals surface area contributed by atoms with Crippen LogP contribution in [0.3, 0.4) is 0 Å².